The van der Waals surface area contributed by atoms with Crippen LogP contribution >= 0.6 is 15.9 Å². The molecular weight excluding hydrogens is 280 g/mol. The highest BCUT2D eigenvalue weighted by molar-refractivity contribution is 9.09. The first kappa shape index (κ1) is 15.2. The largest absolute Gasteiger partial charge is 0.378 e. The van der Waals surface area contributed by atoms with E-state index in [1.165, 1.54) is 32.1 Å². The molecule has 0 heterocycles. The van der Waals surface area contributed by atoms with Gasteiger partial charge in [-0.1, -0.05) is 48.5 Å². The van der Waals surface area contributed by atoms with Gasteiger partial charge in [-0.25, -0.2) is 0 Å². The molecule has 1 fully saturated rings. The standard InChI is InChI=1S/C14H25BrO2/c1-2-6-14(15)12(11-16)9-10-17-13-7-4-3-5-8-13/h11-14H,2-10H2,1H3. The van der Waals surface area contributed by atoms with Crippen LogP contribution < -0.4 is 0 Å². The number of carbonyl (C=O) groups excluding carboxylic acids is 1. The van der Waals surface area contributed by atoms with Crippen molar-refractivity contribution in [1.29, 1.82) is 0 Å². The Labute approximate surface area is 114 Å². The molecule has 0 saturated heterocycles. The molecule has 0 aromatic heterocycles. The molecule has 1 rings (SSSR count). The molecule has 1 saturated carbocycles. The minimum atomic E-state index is 0.110. The molecular formula is C14H25BrO2. The number of halogens is 1. The minimum absolute atomic E-state index is 0.110. The van der Waals surface area contributed by atoms with Crippen molar-refractivity contribution in [3.63, 3.8) is 0 Å². The van der Waals surface area contributed by atoms with E-state index in [2.05, 4.69) is 22.9 Å². The molecule has 0 spiro atoms. The quantitative estimate of drug-likeness (QED) is 0.498. The summed E-state index contributed by atoms with van der Waals surface area (Å²) in [4.78, 5) is 11.3. The maximum Gasteiger partial charge on any atom is 0.124 e. The third kappa shape index (κ3) is 6.01. The monoisotopic (exact) mass is 304 g/mol. The van der Waals surface area contributed by atoms with Gasteiger partial charge < -0.3 is 9.53 Å². The van der Waals surface area contributed by atoms with Crippen molar-refractivity contribution in [2.24, 2.45) is 5.92 Å². The maximum absolute atomic E-state index is 11.0. The SMILES string of the molecule is CCCC(Br)C(C=O)CCOC1CCCCC1. The Morgan fingerprint density at radius 3 is 2.59 bits per heavy atom. The van der Waals surface area contributed by atoms with E-state index < -0.39 is 0 Å². The van der Waals surface area contributed by atoms with Gasteiger partial charge in [0.25, 0.3) is 0 Å². The fraction of sp³-hybridized carbons (Fsp3) is 0.929. The van der Waals surface area contributed by atoms with Crippen LogP contribution in [0.15, 0.2) is 0 Å². The van der Waals surface area contributed by atoms with Gasteiger partial charge >= 0.3 is 0 Å². The molecule has 0 N–H and O–H groups in total. The molecule has 2 unspecified atom stereocenters. The summed E-state index contributed by atoms with van der Waals surface area (Å²) in [5.41, 5.74) is 0. The number of hydrogen-bond donors (Lipinski definition) is 0. The first-order chi connectivity index (χ1) is 8.27. The summed E-state index contributed by atoms with van der Waals surface area (Å²) in [7, 11) is 0. The van der Waals surface area contributed by atoms with E-state index in [1.54, 1.807) is 0 Å². The molecule has 2 atom stereocenters. The van der Waals surface area contributed by atoms with Crippen molar-refractivity contribution in [1.82, 2.24) is 0 Å². The zero-order valence-corrected chi connectivity index (χ0v) is 12.5. The second-order valence-corrected chi connectivity index (χ2v) is 6.20. The highest BCUT2D eigenvalue weighted by atomic mass is 79.9. The summed E-state index contributed by atoms with van der Waals surface area (Å²) in [5.74, 6) is 0.110. The van der Waals surface area contributed by atoms with Crippen molar-refractivity contribution in [3.05, 3.63) is 0 Å². The van der Waals surface area contributed by atoms with Crippen molar-refractivity contribution in [3.8, 4) is 0 Å². The van der Waals surface area contributed by atoms with Gasteiger partial charge in [0.05, 0.1) is 6.10 Å². The van der Waals surface area contributed by atoms with Crippen LogP contribution in [0.5, 0.6) is 0 Å². The summed E-state index contributed by atoms with van der Waals surface area (Å²) in [6, 6.07) is 0. The van der Waals surface area contributed by atoms with Crippen molar-refractivity contribution in [2.75, 3.05) is 6.61 Å². The smallest absolute Gasteiger partial charge is 0.124 e. The van der Waals surface area contributed by atoms with Gasteiger partial charge in [0.15, 0.2) is 0 Å². The summed E-state index contributed by atoms with van der Waals surface area (Å²) >= 11 is 3.60. The van der Waals surface area contributed by atoms with Gasteiger partial charge in [-0.3, -0.25) is 0 Å². The molecule has 1 aliphatic rings. The lowest BCUT2D eigenvalue weighted by Gasteiger charge is -2.23. The number of ether oxygens (including phenoxy) is 1. The van der Waals surface area contributed by atoms with E-state index in [0.717, 1.165) is 32.2 Å². The molecule has 0 aromatic rings. The number of carbonyl (C=O) groups is 1. The van der Waals surface area contributed by atoms with Gasteiger partial charge in [-0.05, 0) is 25.7 Å². The lowest BCUT2D eigenvalue weighted by Crippen LogP contribution is -2.22. The van der Waals surface area contributed by atoms with E-state index in [1.807, 2.05) is 0 Å². The summed E-state index contributed by atoms with van der Waals surface area (Å²) in [6.45, 7) is 2.88. The summed E-state index contributed by atoms with van der Waals surface area (Å²) < 4.78 is 5.86. The zero-order valence-electron chi connectivity index (χ0n) is 10.9. The van der Waals surface area contributed by atoms with Crippen LogP contribution in [0.4, 0.5) is 0 Å². The molecule has 17 heavy (non-hydrogen) atoms. The Morgan fingerprint density at radius 2 is 2.00 bits per heavy atom. The van der Waals surface area contributed by atoms with E-state index >= 15 is 0 Å². The van der Waals surface area contributed by atoms with Crippen LogP contribution in [0, 0.1) is 5.92 Å². The summed E-state index contributed by atoms with van der Waals surface area (Å²) in [5, 5.41) is 0. The van der Waals surface area contributed by atoms with Crippen LogP contribution in [-0.2, 0) is 9.53 Å². The Hall–Kier alpha value is 0.110. The van der Waals surface area contributed by atoms with Crippen molar-refractivity contribution in [2.45, 2.75) is 69.2 Å². The molecule has 0 aliphatic heterocycles. The summed E-state index contributed by atoms with van der Waals surface area (Å²) in [6.07, 6.45) is 11.0. The van der Waals surface area contributed by atoms with E-state index in [4.69, 9.17) is 4.74 Å². The number of rotatable bonds is 8. The predicted octanol–water partition coefficient (Wildman–Crippen LogP) is 4.10. The second kappa shape index (κ2) is 9.09. The molecule has 0 amide bonds. The lowest BCUT2D eigenvalue weighted by atomic mass is 9.97. The first-order valence-electron chi connectivity index (χ1n) is 6.99. The Morgan fingerprint density at radius 1 is 1.29 bits per heavy atom. The molecule has 0 radical (unpaired) electrons. The fourth-order valence-electron chi connectivity index (χ4n) is 2.43. The first-order valence-corrected chi connectivity index (χ1v) is 7.90. The number of hydrogen-bond acceptors (Lipinski definition) is 2. The van der Waals surface area contributed by atoms with Gasteiger partial charge in [0.1, 0.15) is 6.29 Å². The van der Waals surface area contributed by atoms with Crippen LogP contribution in [0.25, 0.3) is 0 Å². The van der Waals surface area contributed by atoms with Crippen molar-refractivity contribution >= 4 is 22.2 Å². The van der Waals surface area contributed by atoms with E-state index in [-0.39, 0.29) is 5.92 Å². The highest BCUT2D eigenvalue weighted by Gasteiger charge is 2.19. The van der Waals surface area contributed by atoms with E-state index in [0.29, 0.717) is 10.9 Å². The lowest BCUT2D eigenvalue weighted by molar-refractivity contribution is -0.111. The van der Waals surface area contributed by atoms with Crippen LogP contribution in [0.2, 0.25) is 0 Å². The molecule has 2 nitrogen and oxygen atoms in total. The van der Waals surface area contributed by atoms with Crippen LogP contribution in [0.1, 0.15) is 58.3 Å². The minimum Gasteiger partial charge on any atom is -0.378 e. The Balaban J connectivity index is 2.15. The van der Waals surface area contributed by atoms with E-state index in [9.17, 15) is 4.79 Å². The zero-order chi connectivity index (χ0) is 12.5. The average Bonchev–Trinajstić information content (AvgIpc) is 2.36. The molecule has 3 heteroatoms. The molecule has 0 aromatic carbocycles. The Kier molecular flexibility index (Phi) is 8.12. The van der Waals surface area contributed by atoms with Crippen LogP contribution in [0.3, 0.4) is 0 Å². The predicted molar refractivity (Wildman–Crippen MR) is 74.6 cm³/mol. The average molecular weight is 305 g/mol. The molecule has 100 valence electrons. The van der Waals surface area contributed by atoms with Crippen LogP contribution in [-0.4, -0.2) is 23.8 Å². The number of alkyl halides is 1. The fourth-order valence-corrected chi connectivity index (χ4v) is 3.27. The van der Waals surface area contributed by atoms with Gasteiger partial charge in [-0.2, -0.15) is 0 Å². The maximum atomic E-state index is 11.0. The van der Waals surface area contributed by atoms with Gasteiger partial charge in [0.2, 0.25) is 0 Å². The molecule has 1 aliphatic carbocycles. The molecule has 0 bridgehead atoms. The Bertz CT molecular complexity index is 202. The highest BCUT2D eigenvalue weighted by Crippen LogP contribution is 2.23. The topological polar surface area (TPSA) is 26.3 Å². The second-order valence-electron chi connectivity index (χ2n) is 5.02. The third-order valence-corrected chi connectivity index (χ3v) is 4.70. The van der Waals surface area contributed by atoms with Gasteiger partial charge in [0, 0.05) is 17.4 Å². The normalized spacial score (nSPS) is 21.1. The number of aldehydes is 1. The third-order valence-electron chi connectivity index (χ3n) is 3.56. The van der Waals surface area contributed by atoms with Crippen molar-refractivity contribution < 1.29 is 9.53 Å². The van der Waals surface area contributed by atoms with Gasteiger partial charge in [-0.15, -0.1) is 0 Å².